The largest absolute Gasteiger partial charge is 0.472 e. The van der Waals surface area contributed by atoms with Crippen LogP contribution < -0.4 is 0 Å². The number of esters is 4. The molecule has 0 aliphatic carbocycles. The zero-order valence-electron chi connectivity index (χ0n) is 60.7. The Hall–Kier alpha value is -2.46. The summed E-state index contributed by atoms with van der Waals surface area (Å²) in [6, 6.07) is 0. The molecule has 0 aliphatic heterocycles. The lowest BCUT2D eigenvalue weighted by molar-refractivity contribution is -0.161. The maximum absolute atomic E-state index is 13.1. The molecule has 17 nitrogen and oxygen atoms in total. The van der Waals surface area contributed by atoms with Crippen LogP contribution in [0.3, 0.4) is 0 Å². The minimum atomic E-state index is -4.96. The monoisotopic (exact) mass is 1380 g/mol. The molecule has 0 bridgehead atoms. The number of phosphoric acid groups is 2. The predicted molar refractivity (Wildman–Crippen MR) is 381 cm³/mol. The molecule has 19 heteroatoms. The molecular weight excluding hydrogens is 1230 g/mol. The predicted octanol–water partition coefficient (Wildman–Crippen LogP) is 21.5. The lowest BCUT2D eigenvalue weighted by atomic mass is 10.0. The Labute approximate surface area is 573 Å². The minimum absolute atomic E-state index is 0.0848. The number of rotatable bonds is 72. The van der Waals surface area contributed by atoms with Gasteiger partial charge in [0, 0.05) is 25.7 Å². The van der Waals surface area contributed by atoms with Crippen LogP contribution in [0.4, 0.5) is 0 Å². The summed E-state index contributed by atoms with van der Waals surface area (Å²) in [5.74, 6) is -0.640. The smallest absolute Gasteiger partial charge is 0.462 e. The van der Waals surface area contributed by atoms with E-state index in [1.54, 1.807) is 0 Å². The zero-order valence-corrected chi connectivity index (χ0v) is 62.5. The summed E-state index contributed by atoms with van der Waals surface area (Å²) < 4.78 is 68.5. The molecular formula is C75H142O17P2. The van der Waals surface area contributed by atoms with Crippen molar-refractivity contribution < 1.29 is 80.2 Å². The topological polar surface area (TPSA) is 237 Å². The van der Waals surface area contributed by atoms with Crippen molar-refractivity contribution >= 4 is 39.5 Å². The van der Waals surface area contributed by atoms with Crippen molar-refractivity contribution in [2.75, 3.05) is 39.6 Å². The fourth-order valence-electron chi connectivity index (χ4n) is 10.9. The van der Waals surface area contributed by atoms with Gasteiger partial charge in [0.05, 0.1) is 26.4 Å². The quantitative estimate of drug-likeness (QED) is 0.0169. The van der Waals surface area contributed by atoms with Gasteiger partial charge in [0.2, 0.25) is 0 Å². The highest BCUT2D eigenvalue weighted by molar-refractivity contribution is 7.47. The van der Waals surface area contributed by atoms with E-state index in [-0.39, 0.29) is 25.7 Å². The third-order valence-corrected chi connectivity index (χ3v) is 18.7. The lowest BCUT2D eigenvalue weighted by Gasteiger charge is -2.21. The first kappa shape index (κ1) is 91.5. The van der Waals surface area contributed by atoms with Gasteiger partial charge in [-0.2, -0.15) is 0 Å². The number of unbranched alkanes of at least 4 members (excludes halogenated alkanes) is 39. The Kier molecular flexibility index (Phi) is 64.7. The summed E-state index contributed by atoms with van der Waals surface area (Å²) >= 11 is 0. The van der Waals surface area contributed by atoms with Crippen molar-refractivity contribution in [2.24, 2.45) is 11.8 Å². The van der Waals surface area contributed by atoms with Crippen LogP contribution in [0.25, 0.3) is 0 Å². The van der Waals surface area contributed by atoms with Crippen LogP contribution in [0.5, 0.6) is 0 Å². The van der Waals surface area contributed by atoms with Crippen LogP contribution in [0, 0.1) is 11.8 Å². The van der Waals surface area contributed by atoms with E-state index in [9.17, 15) is 43.2 Å². The van der Waals surface area contributed by atoms with Gasteiger partial charge in [-0.05, 0) is 63.2 Å². The number of allylic oxidation sites excluding steroid dienone is 4. The van der Waals surface area contributed by atoms with E-state index in [0.29, 0.717) is 25.7 Å². The summed E-state index contributed by atoms with van der Waals surface area (Å²) in [6.07, 6.45) is 56.2. The molecule has 2 unspecified atom stereocenters. The van der Waals surface area contributed by atoms with Gasteiger partial charge in [-0.1, -0.05) is 310 Å². The molecule has 0 aromatic rings. The summed E-state index contributed by atoms with van der Waals surface area (Å²) in [7, 11) is -9.92. The van der Waals surface area contributed by atoms with Crippen LogP contribution in [0.15, 0.2) is 24.3 Å². The first-order valence-corrected chi connectivity index (χ1v) is 41.3. The van der Waals surface area contributed by atoms with Crippen molar-refractivity contribution in [1.29, 1.82) is 0 Å². The van der Waals surface area contributed by atoms with Crippen molar-refractivity contribution in [1.82, 2.24) is 0 Å². The molecule has 0 radical (unpaired) electrons. The van der Waals surface area contributed by atoms with E-state index in [2.05, 4.69) is 65.8 Å². The average molecular weight is 1380 g/mol. The zero-order chi connectivity index (χ0) is 69.3. The van der Waals surface area contributed by atoms with Gasteiger partial charge in [-0.15, -0.1) is 0 Å². The Morgan fingerprint density at radius 1 is 0.330 bits per heavy atom. The Balaban J connectivity index is 5.30. The van der Waals surface area contributed by atoms with E-state index in [1.807, 2.05) is 0 Å². The highest BCUT2D eigenvalue weighted by atomic mass is 31.2. The van der Waals surface area contributed by atoms with E-state index >= 15 is 0 Å². The Morgan fingerprint density at radius 3 is 0.872 bits per heavy atom. The van der Waals surface area contributed by atoms with Crippen molar-refractivity contribution in [3.8, 4) is 0 Å². The molecule has 0 fully saturated rings. The van der Waals surface area contributed by atoms with E-state index in [4.69, 9.17) is 37.0 Å². The standard InChI is InChI=1S/C75H142O17P2/c1-7-9-11-13-15-17-19-21-22-24-26-35-41-47-53-59-74(79)91-70(64-86-73(78)58-52-46-40-34-29-27-31-37-43-49-55-67(3)4)65-89-93(81,82)87-61-69(76)62-88-94(83,84)90-66-71(92-75(80)60-54-48-42-36-30-28-32-38-44-50-56-68(5)6)63-85-72(77)57-51-45-39-33-25-23-20-18-16-14-12-10-8-2/h17,19,21-22,67-71,76H,7-16,18,20,23-66H2,1-6H3,(H,81,82)(H,83,84)/b19-17-,22-21-/t69-,70-,71-/m1/s1. The number of phosphoric ester groups is 2. The van der Waals surface area contributed by atoms with Gasteiger partial charge in [0.25, 0.3) is 0 Å². The van der Waals surface area contributed by atoms with Crippen molar-refractivity contribution in [3.05, 3.63) is 24.3 Å². The molecule has 94 heavy (non-hydrogen) atoms. The first-order valence-electron chi connectivity index (χ1n) is 38.3. The van der Waals surface area contributed by atoms with Gasteiger partial charge < -0.3 is 33.8 Å². The number of carbonyl (C=O) groups is 4. The second-order valence-electron chi connectivity index (χ2n) is 27.3. The lowest BCUT2D eigenvalue weighted by Crippen LogP contribution is -2.30. The van der Waals surface area contributed by atoms with Gasteiger partial charge in [0.1, 0.15) is 19.3 Å². The van der Waals surface area contributed by atoms with Crippen LogP contribution in [-0.4, -0.2) is 96.7 Å². The normalized spacial score (nSPS) is 14.2. The number of ether oxygens (including phenoxy) is 4. The van der Waals surface area contributed by atoms with Gasteiger partial charge >= 0.3 is 39.5 Å². The molecule has 0 saturated carbocycles. The number of aliphatic hydroxyl groups is 1. The SMILES string of the molecule is CCCCCC/C=C\C=C/CCCCCCCC(=O)O[C@H](COC(=O)CCCCCCCCCCCCC(C)C)COP(=O)(O)OC[C@@H](O)COP(=O)(O)OC[C@@H](COC(=O)CCCCCCCCCCCCCCC)OC(=O)CCCCCCCCCCCCC(C)C. The van der Waals surface area contributed by atoms with E-state index < -0.39 is 97.5 Å². The average Bonchev–Trinajstić information content (AvgIpc) is 1.70. The third-order valence-electron chi connectivity index (χ3n) is 16.8. The highest BCUT2D eigenvalue weighted by Gasteiger charge is 2.30. The maximum Gasteiger partial charge on any atom is 0.472 e. The summed E-state index contributed by atoms with van der Waals surface area (Å²) in [5, 5.41) is 10.6. The van der Waals surface area contributed by atoms with Crippen LogP contribution in [-0.2, 0) is 65.4 Å². The minimum Gasteiger partial charge on any atom is -0.462 e. The Bertz CT molecular complexity index is 1910. The number of aliphatic hydroxyl groups excluding tert-OH is 1. The van der Waals surface area contributed by atoms with Crippen LogP contribution in [0.2, 0.25) is 0 Å². The number of hydrogen-bond donors (Lipinski definition) is 3. The maximum atomic E-state index is 13.1. The molecule has 5 atom stereocenters. The summed E-state index contributed by atoms with van der Waals surface area (Å²) in [5.41, 5.74) is 0. The molecule has 0 aromatic heterocycles. The number of carbonyl (C=O) groups excluding carboxylic acids is 4. The van der Waals surface area contributed by atoms with Crippen molar-refractivity contribution in [2.45, 2.75) is 381 Å². The molecule has 0 saturated heterocycles. The van der Waals surface area contributed by atoms with E-state index in [0.717, 1.165) is 115 Å². The van der Waals surface area contributed by atoms with Crippen LogP contribution in [0.1, 0.15) is 363 Å². The molecule has 0 aliphatic rings. The molecule has 0 rings (SSSR count). The summed E-state index contributed by atoms with van der Waals surface area (Å²) in [4.78, 5) is 72.8. The van der Waals surface area contributed by atoms with Gasteiger partial charge in [-0.3, -0.25) is 37.3 Å². The fourth-order valence-corrected chi connectivity index (χ4v) is 12.5. The molecule has 3 N–H and O–H groups in total. The molecule has 0 aromatic carbocycles. The first-order chi connectivity index (χ1) is 45.4. The Morgan fingerprint density at radius 2 is 0.574 bits per heavy atom. The molecule has 0 heterocycles. The van der Waals surface area contributed by atoms with E-state index in [1.165, 1.54) is 167 Å². The van der Waals surface area contributed by atoms with Crippen LogP contribution >= 0.6 is 15.6 Å². The third kappa shape index (κ3) is 68.1. The van der Waals surface area contributed by atoms with Gasteiger partial charge in [-0.25, -0.2) is 9.13 Å². The molecule has 0 amide bonds. The van der Waals surface area contributed by atoms with Gasteiger partial charge in [0.15, 0.2) is 12.2 Å². The number of hydrogen-bond acceptors (Lipinski definition) is 15. The fraction of sp³-hybridized carbons (Fsp3) is 0.893. The van der Waals surface area contributed by atoms with Crippen molar-refractivity contribution in [3.63, 3.8) is 0 Å². The molecule has 554 valence electrons. The summed E-state index contributed by atoms with van der Waals surface area (Å²) in [6.45, 7) is 9.50. The molecule has 0 spiro atoms. The highest BCUT2D eigenvalue weighted by Crippen LogP contribution is 2.45. The second kappa shape index (κ2) is 66.4. The second-order valence-corrected chi connectivity index (χ2v) is 30.2.